The second-order valence-electron chi connectivity index (χ2n) is 5.04. The third kappa shape index (κ3) is 5.80. The van der Waals surface area contributed by atoms with E-state index in [0.717, 1.165) is 0 Å². The number of nitrogens with one attached hydrogen (secondary N) is 2. The number of nitrogens with zero attached hydrogens (tertiary/aromatic N) is 1. The molecule has 0 saturated heterocycles. The molecular weight excluding hydrogens is 306 g/mol. The predicted molar refractivity (Wildman–Crippen MR) is 83.5 cm³/mol. The molecule has 0 fully saturated rings. The highest BCUT2D eigenvalue weighted by Gasteiger charge is 2.23. The normalized spacial score (nSPS) is 11.9. The van der Waals surface area contributed by atoms with Gasteiger partial charge in [-0.15, -0.1) is 11.3 Å². The molecule has 8 heteroatoms. The van der Waals surface area contributed by atoms with Crippen molar-refractivity contribution in [2.24, 2.45) is 5.92 Å². The summed E-state index contributed by atoms with van der Waals surface area (Å²) in [7, 11) is 0. The van der Waals surface area contributed by atoms with Gasteiger partial charge >= 0.3 is 5.97 Å². The number of hydrogen-bond acceptors (Lipinski definition) is 6. The molecule has 22 heavy (non-hydrogen) atoms. The van der Waals surface area contributed by atoms with E-state index in [0.29, 0.717) is 17.4 Å². The first kappa shape index (κ1) is 18.1. The number of esters is 1. The average molecular weight is 327 g/mol. The van der Waals surface area contributed by atoms with Crippen molar-refractivity contribution in [3.63, 3.8) is 0 Å². The lowest BCUT2D eigenvalue weighted by atomic mass is 10.0. The van der Waals surface area contributed by atoms with Gasteiger partial charge in [-0.3, -0.25) is 14.4 Å². The van der Waals surface area contributed by atoms with Gasteiger partial charge in [-0.1, -0.05) is 13.8 Å². The Hall–Kier alpha value is -1.96. The number of amides is 2. The van der Waals surface area contributed by atoms with E-state index in [1.807, 2.05) is 13.8 Å². The maximum Gasteiger partial charge on any atom is 0.311 e. The Bertz CT molecular complexity index is 542. The van der Waals surface area contributed by atoms with E-state index in [1.54, 1.807) is 12.3 Å². The first-order chi connectivity index (χ1) is 10.3. The molecule has 1 rings (SSSR count). The molecule has 0 aliphatic rings. The monoisotopic (exact) mass is 327 g/mol. The smallest absolute Gasteiger partial charge is 0.311 e. The molecule has 1 heterocycles. The first-order valence-electron chi connectivity index (χ1n) is 7.01. The number of carbonyl (C=O) groups is 3. The fourth-order valence-electron chi connectivity index (χ4n) is 1.74. The lowest BCUT2D eigenvalue weighted by Gasteiger charge is -2.20. The van der Waals surface area contributed by atoms with Gasteiger partial charge in [0.15, 0.2) is 5.13 Å². The number of anilines is 1. The van der Waals surface area contributed by atoms with Crippen LogP contribution in [0.15, 0.2) is 5.38 Å². The largest absolute Gasteiger partial charge is 0.466 e. The fourth-order valence-corrected chi connectivity index (χ4v) is 2.46. The summed E-state index contributed by atoms with van der Waals surface area (Å²) in [5, 5.41) is 7.34. The molecule has 0 aliphatic carbocycles. The van der Waals surface area contributed by atoms with Crippen LogP contribution in [0.4, 0.5) is 5.13 Å². The van der Waals surface area contributed by atoms with Crippen LogP contribution in [0.5, 0.6) is 0 Å². The summed E-state index contributed by atoms with van der Waals surface area (Å²) in [5.74, 6) is -1.01. The zero-order valence-corrected chi connectivity index (χ0v) is 14.0. The molecule has 1 aromatic heterocycles. The van der Waals surface area contributed by atoms with Gasteiger partial charge in [0, 0.05) is 12.3 Å². The van der Waals surface area contributed by atoms with Crippen LogP contribution in [-0.4, -0.2) is 35.4 Å². The zero-order chi connectivity index (χ0) is 16.7. The molecule has 1 unspecified atom stereocenters. The SMILES string of the molecule is CCOC(=O)Cc1csc(NC(=O)C(NC(C)=O)C(C)C)n1. The second kappa shape index (κ2) is 8.47. The molecule has 0 aromatic carbocycles. The molecule has 2 amide bonds. The standard InChI is InChI=1S/C14H21N3O4S/c1-5-21-11(19)6-10-7-22-14(16-10)17-13(20)12(8(2)3)15-9(4)18/h7-8,12H,5-6H2,1-4H3,(H,15,18)(H,16,17,20). The van der Waals surface area contributed by atoms with Gasteiger partial charge in [0.25, 0.3) is 0 Å². The number of thiazole rings is 1. The molecule has 0 bridgehead atoms. The highest BCUT2D eigenvalue weighted by Crippen LogP contribution is 2.17. The maximum atomic E-state index is 12.2. The fraction of sp³-hybridized carbons (Fsp3) is 0.571. The van der Waals surface area contributed by atoms with E-state index in [-0.39, 0.29) is 30.1 Å². The van der Waals surface area contributed by atoms with Crippen molar-refractivity contribution in [2.45, 2.75) is 40.2 Å². The number of ether oxygens (including phenoxy) is 1. The van der Waals surface area contributed by atoms with Gasteiger partial charge < -0.3 is 15.4 Å². The van der Waals surface area contributed by atoms with E-state index >= 15 is 0 Å². The maximum absolute atomic E-state index is 12.2. The lowest BCUT2D eigenvalue weighted by Crippen LogP contribution is -2.46. The van der Waals surface area contributed by atoms with E-state index in [9.17, 15) is 14.4 Å². The molecule has 0 spiro atoms. The van der Waals surface area contributed by atoms with Crippen molar-refractivity contribution in [2.75, 3.05) is 11.9 Å². The number of aromatic nitrogens is 1. The minimum atomic E-state index is -0.630. The van der Waals surface area contributed by atoms with Gasteiger partial charge in [0.1, 0.15) is 6.04 Å². The van der Waals surface area contributed by atoms with E-state index in [4.69, 9.17) is 4.74 Å². The van der Waals surface area contributed by atoms with Crippen LogP contribution in [-0.2, 0) is 25.5 Å². The third-order valence-electron chi connectivity index (χ3n) is 2.72. The zero-order valence-electron chi connectivity index (χ0n) is 13.1. The van der Waals surface area contributed by atoms with Crippen LogP contribution in [0.25, 0.3) is 0 Å². The second-order valence-corrected chi connectivity index (χ2v) is 5.90. The molecule has 1 atom stereocenters. The molecule has 122 valence electrons. The summed E-state index contributed by atoms with van der Waals surface area (Å²) < 4.78 is 4.84. The number of rotatable bonds is 7. The summed E-state index contributed by atoms with van der Waals surface area (Å²) in [6.45, 7) is 7.10. The highest BCUT2D eigenvalue weighted by molar-refractivity contribution is 7.13. The molecule has 0 radical (unpaired) electrons. The first-order valence-corrected chi connectivity index (χ1v) is 7.89. The number of carbonyl (C=O) groups excluding carboxylic acids is 3. The van der Waals surface area contributed by atoms with Crippen LogP contribution >= 0.6 is 11.3 Å². The summed E-state index contributed by atoms with van der Waals surface area (Å²) in [6.07, 6.45) is 0.0690. The minimum absolute atomic E-state index is 0.0529. The van der Waals surface area contributed by atoms with Crippen LogP contribution in [0.1, 0.15) is 33.4 Å². The van der Waals surface area contributed by atoms with Gasteiger partial charge in [-0.25, -0.2) is 4.98 Å². The van der Waals surface area contributed by atoms with E-state index in [1.165, 1.54) is 18.3 Å². The van der Waals surface area contributed by atoms with Gasteiger partial charge in [-0.2, -0.15) is 0 Å². The lowest BCUT2D eigenvalue weighted by molar-refractivity contribution is -0.142. The Morgan fingerprint density at radius 1 is 1.36 bits per heavy atom. The Kier molecular flexibility index (Phi) is 6.97. The van der Waals surface area contributed by atoms with Crippen LogP contribution in [0.3, 0.4) is 0 Å². The third-order valence-corrected chi connectivity index (χ3v) is 3.53. The summed E-state index contributed by atoms with van der Waals surface area (Å²) in [6, 6.07) is -0.630. The van der Waals surface area contributed by atoms with E-state index < -0.39 is 6.04 Å². The van der Waals surface area contributed by atoms with Crippen molar-refractivity contribution in [3.8, 4) is 0 Å². The minimum Gasteiger partial charge on any atom is -0.466 e. The van der Waals surface area contributed by atoms with Crippen molar-refractivity contribution < 1.29 is 19.1 Å². The molecule has 7 nitrogen and oxygen atoms in total. The molecule has 1 aromatic rings. The van der Waals surface area contributed by atoms with E-state index in [2.05, 4.69) is 15.6 Å². The molecular formula is C14H21N3O4S. The molecule has 0 saturated carbocycles. The highest BCUT2D eigenvalue weighted by atomic mass is 32.1. The Balaban J connectivity index is 2.66. The summed E-state index contributed by atoms with van der Waals surface area (Å²) >= 11 is 1.22. The van der Waals surface area contributed by atoms with Crippen molar-refractivity contribution in [3.05, 3.63) is 11.1 Å². The molecule has 0 aliphatic heterocycles. The van der Waals surface area contributed by atoms with Crippen LogP contribution in [0, 0.1) is 5.92 Å². The summed E-state index contributed by atoms with van der Waals surface area (Å²) in [4.78, 5) is 38.9. The Labute approximate surface area is 133 Å². The average Bonchev–Trinajstić information content (AvgIpc) is 2.82. The quantitative estimate of drug-likeness (QED) is 0.737. The molecule has 2 N–H and O–H groups in total. The van der Waals surface area contributed by atoms with Crippen molar-refractivity contribution >= 4 is 34.3 Å². The topological polar surface area (TPSA) is 97.4 Å². The van der Waals surface area contributed by atoms with Crippen LogP contribution < -0.4 is 10.6 Å². The predicted octanol–water partition coefficient (Wildman–Crippen LogP) is 1.35. The van der Waals surface area contributed by atoms with Crippen molar-refractivity contribution in [1.29, 1.82) is 0 Å². The number of hydrogen-bond donors (Lipinski definition) is 2. The van der Waals surface area contributed by atoms with Gasteiger partial charge in [-0.05, 0) is 12.8 Å². The van der Waals surface area contributed by atoms with Gasteiger partial charge in [0.05, 0.1) is 18.7 Å². The summed E-state index contributed by atoms with van der Waals surface area (Å²) in [5.41, 5.74) is 0.541. The Morgan fingerprint density at radius 3 is 2.59 bits per heavy atom. The van der Waals surface area contributed by atoms with Crippen LogP contribution in [0.2, 0.25) is 0 Å². The Morgan fingerprint density at radius 2 is 2.05 bits per heavy atom. The van der Waals surface area contributed by atoms with Gasteiger partial charge in [0.2, 0.25) is 11.8 Å². The van der Waals surface area contributed by atoms with Crippen molar-refractivity contribution in [1.82, 2.24) is 10.3 Å².